The lowest BCUT2D eigenvalue weighted by atomic mass is 9.74. The highest BCUT2D eigenvalue weighted by Crippen LogP contribution is 2.44. The number of benzene rings is 2. The van der Waals surface area contributed by atoms with Crippen molar-refractivity contribution in [3.8, 4) is 22.9 Å². The van der Waals surface area contributed by atoms with Crippen molar-refractivity contribution < 1.29 is 22.0 Å². The van der Waals surface area contributed by atoms with Gasteiger partial charge in [-0.1, -0.05) is 12.1 Å². The Labute approximate surface area is 237 Å². The van der Waals surface area contributed by atoms with Crippen molar-refractivity contribution in [2.75, 3.05) is 29.5 Å². The number of nitrogens with zero attached hydrogens (tertiary/aromatic N) is 4. The van der Waals surface area contributed by atoms with Crippen LogP contribution in [-0.2, 0) is 14.6 Å². The van der Waals surface area contributed by atoms with Crippen molar-refractivity contribution in [1.82, 2.24) is 15.1 Å². The van der Waals surface area contributed by atoms with Gasteiger partial charge in [-0.15, -0.1) is 0 Å². The van der Waals surface area contributed by atoms with Gasteiger partial charge in [0.2, 0.25) is 5.91 Å². The van der Waals surface area contributed by atoms with Gasteiger partial charge in [0, 0.05) is 42.4 Å². The number of hydrogen-bond acceptors (Lipinski definition) is 6. The molecule has 1 amide bonds. The molecule has 3 aliphatic rings. The molecule has 2 heterocycles. The number of rotatable bonds is 6. The van der Waals surface area contributed by atoms with Gasteiger partial charge >= 0.3 is 0 Å². The Balaban J connectivity index is 1.36. The maximum absolute atomic E-state index is 14.7. The number of anilines is 1. The lowest BCUT2D eigenvalue weighted by molar-refractivity contribution is -0.128. The average molecular weight is 580 g/mol. The summed E-state index contributed by atoms with van der Waals surface area (Å²) in [5.41, 5.74) is 2.98. The van der Waals surface area contributed by atoms with Crippen molar-refractivity contribution in [2.45, 2.75) is 49.7 Å². The number of hydrogen-bond donors (Lipinski definition) is 1. The van der Waals surface area contributed by atoms with E-state index in [-0.39, 0.29) is 35.6 Å². The Bertz CT molecular complexity index is 1580. The van der Waals surface area contributed by atoms with Crippen LogP contribution in [0, 0.1) is 23.1 Å². The molecule has 2 saturated carbocycles. The topological polar surface area (TPSA) is 108 Å². The summed E-state index contributed by atoms with van der Waals surface area (Å²) in [6, 6.07) is 15.9. The third-order valence-electron chi connectivity index (χ3n) is 8.52. The number of halogens is 2. The van der Waals surface area contributed by atoms with Crippen LogP contribution in [0.5, 0.6) is 0 Å². The first-order valence-electron chi connectivity index (χ1n) is 13.9. The molecule has 214 valence electrons. The molecule has 3 fully saturated rings. The highest BCUT2D eigenvalue weighted by Gasteiger charge is 2.48. The van der Waals surface area contributed by atoms with E-state index in [4.69, 9.17) is 5.10 Å². The minimum Gasteiger partial charge on any atom is -0.369 e. The van der Waals surface area contributed by atoms with Crippen molar-refractivity contribution in [3.63, 3.8) is 0 Å². The van der Waals surface area contributed by atoms with Gasteiger partial charge in [-0.25, -0.2) is 21.9 Å². The van der Waals surface area contributed by atoms with Crippen LogP contribution in [0.15, 0.2) is 54.7 Å². The number of nitrogens with one attached hydrogen (secondary N) is 1. The van der Waals surface area contributed by atoms with E-state index in [1.165, 1.54) is 12.1 Å². The fourth-order valence-corrected chi connectivity index (χ4v) is 7.09. The summed E-state index contributed by atoms with van der Waals surface area (Å²) < 4.78 is 53.7. The largest absolute Gasteiger partial charge is 0.369 e. The predicted molar refractivity (Wildman–Crippen MR) is 151 cm³/mol. The Hall–Kier alpha value is -3.78. The first kappa shape index (κ1) is 27.4. The van der Waals surface area contributed by atoms with Crippen LogP contribution in [0.3, 0.4) is 0 Å². The summed E-state index contributed by atoms with van der Waals surface area (Å²) >= 11 is 0. The van der Waals surface area contributed by atoms with Crippen LogP contribution >= 0.6 is 0 Å². The number of sulfone groups is 1. The van der Waals surface area contributed by atoms with Gasteiger partial charge in [0.05, 0.1) is 29.0 Å². The molecular formula is C30H31F2N5O3S. The van der Waals surface area contributed by atoms with Gasteiger partial charge in [0.25, 0.3) is 0 Å². The standard InChI is InChI=1S/C30H31F2N5O3S/c31-21-3-8-24(9-4-21)37-18-27(20-1-6-23(7-2-20)36-13-15-41(39,40)16-14-36)28(35-37)25-10-5-22(32)17-26(25)29(38)34-30(19-33)11-12-30/h1-4,6-9,18,22,25-26H,5,10-17H2,(H,34,38). The summed E-state index contributed by atoms with van der Waals surface area (Å²) in [7, 11) is -3.00. The van der Waals surface area contributed by atoms with Crippen LogP contribution in [0.1, 0.15) is 43.7 Å². The Kier molecular flexibility index (Phi) is 7.06. The summed E-state index contributed by atoms with van der Waals surface area (Å²) in [5.74, 6) is -1.51. The van der Waals surface area contributed by atoms with Gasteiger partial charge in [-0.3, -0.25) is 4.79 Å². The maximum Gasteiger partial charge on any atom is 0.225 e. The normalized spacial score (nSPS) is 24.8. The Morgan fingerprint density at radius 1 is 1.02 bits per heavy atom. The molecule has 11 heteroatoms. The smallest absolute Gasteiger partial charge is 0.225 e. The van der Waals surface area contributed by atoms with E-state index in [0.29, 0.717) is 50.2 Å². The second kappa shape index (κ2) is 10.6. The minimum atomic E-state index is -3.00. The number of nitriles is 1. The zero-order chi connectivity index (χ0) is 28.8. The van der Waals surface area contributed by atoms with E-state index in [1.807, 2.05) is 35.4 Å². The Morgan fingerprint density at radius 2 is 1.68 bits per heavy atom. The van der Waals surface area contributed by atoms with Gasteiger partial charge in [0.15, 0.2) is 9.84 Å². The number of aromatic nitrogens is 2. The number of carbonyl (C=O) groups excluding carboxylic acids is 1. The molecule has 1 aromatic heterocycles. The van der Waals surface area contributed by atoms with Crippen molar-refractivity contribution >= 4 is 21.4 Å². The van der Waals surface area contributed by atoms with Crippen LogP contribution in [0.4, 0.5) is 14.5 Å². The molecule has 0 bridgehead atoms. The third kappa shape index (κ3) is 5.71. The molecule has 0 radical (unpaired) electrons. The van der Waals surface area contributed by atoms with Crippen molar-refractivity contribution in [1.29, 1.82) is 5.26 Å². The quantitative estimate of drug-likeness (QED) is 0.467. The number of alkyl halides is 1. The Morgan fingerprint density at radius 3 is 2.32 bits per heavy atom. The molecule has 3 aromatic rings. The highest BCUT2D eigenvalue weighted by molar-refractivity contribution is 7.91. The molecular weight excluding hydrogens is 548 g/mol. The molecule has 8 nitrogen and oxygen atoms in total. The van der Waals surface area contributed by atoms with Crippen molar-refractivity contribution in [3.05, 3.63) is 66.2 Å². The lowest BCUT2D eigenvalue weighted by Crippen LogP contribution is -2.44. The van der Waals surface area contributed by atoms with E-state index in [9.17, 15) is 27.3 Å². The first-order valence-corrected chi connectivity index (χ1v) is 15.8. The third-order valence-corrected chi connectivity index (χ3v) is 10.1. The zero-order valence-corrected chi connectivity index (χ0v) is 23.3. The second-order valence-corrected chi connectivity index (χ2v) is 13.6. The molecule has 0 spiro atoms. The summed E-state index contributed by atoms with van der Waals surface area (Å²) in [6.07, 6.45) is 2.69. The fraction of sp³-hybridized carbons (Fsp3) is 0.433. The molecule has 41 heavy (non-hydrogen) atoms. The minimum absolute atomic E-state index is 0.0532. The molecule has 2 aliphatic carbocycles. The van der Waals surface area contributed by atoms with Crippen molar-refractivity contribution in [2.24, 2.45) is 5.92 Å². The molecule has 6 rings (SSSR count). The molecule has 1 saturated heterocycles. The van der Waals surface area contributed by atoms with Crippen LogP contribution in [-0.4, -0.2) is 60.4 Å². The lowest BCUT2D eigenvalue weighted by Gasteiger charge is -2.32. The van der Waals surface area contributed by atoms with E-state index in [0.717, 1.165) is 16.8 Å². The summed E-state index contributed by atoms with van der Waals surface area (Å²) in [5, 5.41) is 17.3. The monoisotopic (exact) mass is 579 g/mol. The highest BCUT2D eigenvalue weighted by atomic mass is 32.2. The molecule has 3 atom stereocenters. The summed E-state index contributed by atoms with van der Waals surface area (Å²) in [4.78, 5) is 15.5. The van der Waals surface area contributed by atoms with Crippen LogP contribution in [0.25, 0.3) is 16.8 Å². The van der Waals surface area contributed by atoms with Gasteiger partial charge in [0.1, 0.15) is 17.5 Å². The zero-order valence-electron chi connectivity index (χ0n) is 22.5. The summed E-state index contributed by atoms with van der Waals surface area (Å²) in [6.45, 7) is 0.867. The van der Waals surface area contributed by atoms with E-state index < -0.39 is 27.5 Å². The predicted octanol–water partition coefficient (Wildman–Crippen LogP) is 4.31. The fourth-order valence-electron chi connectivity index (χ4n) is 5.89. The number of amides is 1. The molecule has 2 aromatic carbocycles. The average Bonchev–Trinajstić information content (AvgIpc) is 3.60. The SMILES string of the molecule is N#CC1(NC(=O)C2CC(F)CCC2c2nn(-c3ccc(F)cc3)cc2-c2ccc(N3CCS(=O)(=O)CC3)cc2)CC1. The molecule has 1 N–H and O–H groups in total. The van der Waals surface area contributed by atoms with Gasteiger partial charge in [-0.2, -0.15) is 10.4 Å². The molecule has 3 unspecified atom stereocenters. The maximum atomic E-state index is 14.7. The first-order chi connectivity index (χ1) is 19.7. The second-order valence-electron chi connectivity index (χ2n) is 11.3. The van der Waals surface area contributed by atoms with Crippen LogP contribution < -0.4 is 10.2 Å². The van der Waals surface area contributed by atoms with E-state index >= 15 is 0 Å². The van der Waals surface area contributed by atoms with Gasteiger partial charge in [-0.05, 0) is 74.1 Å². The van der Waals surface area contributed by atoms with E-state index in [1.54, 1.807) is 16.8 Å². The van der Waals surface area contributed by atoms with E-state index in [2.05, 4.69) is 11.4 Å². The van der Waals surface area contributed by atoms with Crippen LogP contribution in [0.2, 0.25) is 0 Å². The molecule has 1 aliphatic heterocycles. The number of carbonyl (C=O) groups is 1. The van der Waals surface area contributed by atoms with Gasteiger partial charge < -0.3 is 10.2 Å².